The monoisotopic (exact) mass is 372 g/mol. The molecule has 0 atom stereocenters. The molecule has 0 fully saturated rings. The predicted octanol–water partition coefficient (Wildman–Crippen LogP) is 4.72. The maximum atomic E-state index is 12.5. The fraction of sp³-hybridized carbons (Fsp3) is 0.261. The molecule has 0 saturated heterocycles. The van der Waals surface area contributed by atoms with Crippen molar-refractivity contribution < 1.29 is 4.79 Å². The van der Waals surface area contributed by atoms with Crippen LogP contribution in [-0.2, 0) is 11.8 Å². The highest BCUT2D eigenvalue weighted by molar-refractivity contribution is 6.03. The quantitative estimate of drug-likeness (QED) is 0.723. The van der Waals surface area contributed by atoms with Crippen molar-refractivity contribution >= 4 is 23.2 Å². The van der Waals surface area contributed by atoms with Crippen molar-refractivity contribution in [2.45, 2.75) is 32.6 Å². The minimum absolute atomic E-state index is 0.0837. The Labute approximate surface area is 165 Å². The summed E-state index contributed by atoms with van der Waals surface area (Å²) in [6.45, 7) is 7.35. The molecule has 2 heterocycles. The Bertz CT molecular complexity index is 988. The molecule has 142 valence electrons. The first-order valence-corrected chi connectivity index (χ1v) is 9.51. The summed E-state index contributed by atoms with van der Waals surface area (Å²) in [6, 6.07) is 16.2. The molecule has 5 heteroatoms. The van der Waals surface area contributed by atoms with E-state index < -0.39 is 0 Å². The largest absolute Gasteiger partial charge is 0.322 e. The van der Waals surface area contributed by atoms with E-state index in [9.17, 15) is 4.79 Å². The molecule has 0 aliphatic carbocycles. The predicted molar refractivity (Wildman–Crippen MR) is 112 cm³/mol. The van der Waals surface area contributed by atoms with Gasteiger partial charge in [0.15, 0.2) is 0 Å². The average Bonchev–Trinajstić information content (AvgIpc) is 3.12. The summed E-state index contributed by atoms with van der Waals surface area (Å²) in [5.74, 6) is 0.410. The number of carbonyl (C=O) groups is 1. The van der Waals surface area contributed by atoms with Crippen molar-refractivity contribution in [3.05, 3.63) is 77.6 Å². The fourth-order valence-electron chi connectivity index (χ4n) is 3.38. The van der Waals surface area contributed by atoms with Gasteiger partial charge in [-0.2, -0.15) is 0 Å². The van der Waals surface area contributed by atoms with E-state index in [2.05, 4.69) is 53.1 Å². The van der Waals surface area contributed by atoms with Crippen LogP contribution in [0.25, 0.3) is 0 Å². The number of benzene rings is 2. The zero-order valence-electron chi connectivity index (χ0n) is 16.4. The number of fused-ring (bicyclic) bond motifs is 1. The molecule has 1 amide bonds. The summed E-state index contributed by atoms with van der Waals surface area (Å²) in [5.41, 5.74) is 4.95. The van der Waals surface area contributed by atoms with E-state index in [-0.39, 0.29) is 11.3 Å². The Morgan fingerprint density at radius 2 is 1.68 bits per heavy atom. The number of rotatable bonds is 3. The molecule has 5 nitrogen and oxygen atoms in total. The summed E-state index contributed by atoms with van der Waals surface area (Å²) >= 11 is 0. The van der Waals surface area contributed by atoms with Crippen molar-refractivity contribution in [1.82, 2.24) is 9.97 Å². The van der Waals surface area contributed by atoms with Gasteiger partial charge < -0.3 is 10.2 Å². The molecule has 0 spiro atoms. The molecule has 2 aromatic carbocycles. The molecule has 1 aliphatic heterocycles. The summed E-state index contributed by atoms with van der Waals surface area (Å²) in [6.07, 6.45) is 4.15. The summed E-state index contributed by atoms with van der Waals surface area (Å²) in [7, 11) is 0. The molecule has 3 aromatic rings. The van der Waals surface area contributed by atoms with Crippen LogP contribution in [0.1, 0.15) is 42.3 Å². The van der Waals surface area contributed by atoms with Gasteiger partial charge in [0.2, 0.25) is 5.95 Å². The normalized spacial score (nSPS) is 13.3. The van der Waals surface area contributed by atoms with Gasteiger partial charge in [0.1, 0.15) is 0 Å². The highest BCUT2D eigenvalue weighted by Crippen LogP contribution is 2.32. The van der Waals surface area contributed by atoms with Crippen LogP contribution in [0.15, 0.2) is 60.9 Å². The molecule has 1 N–H and O–H groups in total. The van der Waals surface area contributed by atoms with Gasteiger partial charge in [-0.1, -0.05) is 51.1 Å². The molecule has 28 heavy (non-hydrogen) atoms. The highest BCUT2D eigenvalue weighted by atomic mass is 16.1. The lowest BCUT2D eigenvalue weighted by Crippen LogP contribution is -2.18. The lowest BCUT2D eigenvalue weighted by molar-refractivity contribution is 0.102. The molecule has 0 radical (unpaired) electrons. The Morgan fingerprint density at radius 3 is 2.36 bits per heavy atom. The van der Waals surface area contributed by atoms with E-state index >= 15 is 0 Å². The van der Waals surface area contributed by atoms with Gasteiger partial charge >= 0.3 is 0 Å². The Morgan fingerprint density at radius 1 is 1.00 bits per heavy atom. The van der Waals surface area contributed by atoms with Gasteiger partial charge in [0.05, 0.1) is 5.56 Å². The van der Waals surface area contributed by atoms with Crippen LogP contribution in [0.5, 0.6) is 0 Å². The number of carbonyl (C=O) groups excluding carboxylic acids is 1. The molecular formula is C23H24N4O. The minimum atomic E-state index is -0.211. The van der Waals surface area contributed by atoms with Gasteiger partial charge in [-0.15, -0.1) is 0 Å². The van der Waals surface area contributed by atoms with Crippen LogP contribution in [0.4, 0.5) is 17.3 Å². The number of nitrogens with one attached hydrogen (secondary N) is 1. The van der Waals surface area contributed by atoms with E-state index in [4.69, 9.17) is 0 Å². The lowest BCUT2D eigenvalue weighted by Gasteiger charge is -2.19. The second-order valence-electron chi connectivity index (χ2n) is 8.08. The van der Waals surface area contributed by atoms with Gasteiger partial charge in [0.25, 0.3) is 5.91 Å². The van der Waals surface area contributed by atoms with Crippen LogP contribution in [-0.4, -0.2) is 22.4 Å². The maximum absolute atomic E-state index is 12.5. The summed E-state index contributed by atoms with van der Waals surface area (Å²) in [5, 5.41) is 2.91. The van der Waals surface area contributed by atoms with E-state index in [1.165, 1.54) is 11.1 Å². The zero-order chi connectivity index (χ0) is 19.7. The second kappa shape index (κ2) is 7.08. The van der Waals surface area contributed by atoms with Crippen LogP contribution in [0.2, 0.25) is 0 Å². The Kier molecular flexibility index (Phi) is 4.59. The minimum Gasteiger partial charge on any atom is -0.322 e. The van der Waals surface area contributed by atoms with E-state index in [1.54, 1.807) is 12.4 Å². The third-order valence-corrected chi connectivity index (χ3v) is 5.04. The van der Waals surface area contributed by atoms with Crippen LogP contribution in [0.3, 0.4) is 0 Å². The molecule has 1 aliphatic rings. The van der Waals surface area contributed by atoms with E-state index in [0.29, 0.717) is 11.5 Å². The van der Waals surface area contributed by atoms with Crippen molar-refractivity contribution in [2.24, 2.45) is 0 Å². The maximum Gasteiger partial charge on any atom is 0.258 e. The van der Waals surface area contributed by atoms with Gasteiger partial charge in [-0.25, -0.2) is 9.97 Å². The molecule has 0 bridgehead atoms. The van der Waals surface area contributed by atoms with Crippen molar-refractivity contribution in [3.8, 4) is 0 Å². The highest BCUT2D eigenvalue weighted by Gasteiger charge is 2.22. The van der Waals surface area contributed by atoms with E-state index in [0.717, 1.165) is 24.3 Å². The Hall–Kier alpha value is -3.21. The second-order valence-corrected chi connectivity index (χ2v) is 8.08. The Balaban J connectivity index is 1.46. The fourth-order valence-corrected chi connectivity index (χ4v) is 3.38. The smallest absolute Gasteiger partial charge is 0.258 e. The van der Waals surface area contributed by atoms with Gasteiger partial charge in [0, 0.05) is 30.3 Å². The number of para-hydroxylation sites is 1. The molecule has 1 aromatic heterocycles. The average molecular weight is 372 g/mol. The number of hydrogen-bond donors (Lipinski definition) is 1. The van der Waals surface area contributed by atoms with Crippen LogP contribution in [0, 0.1) is 0 Å². The first kappa shape index (κ1) is 18.2. The number of amides is 1. The summed E-state index contributed by atoms with van der Waals surface area (Å²) < 4.78 is 0. The third kappa shape index (κ3) is 3.60. The first-order chi connectivity index (χ1) is 13.4. The van der Waals surface area contributed by atoms with E-state index in [1.807, 2.05) is 36.4 Å². The lowest BCUT2D eigenvalue weighted by atomic mass is 9.87. The molecular weight excluding hydrogens is 348 g/mol. The summed E-state index contributed by atoms with van der Waals surface area (Å²) in [4.78, 5) is 23.5. The van der Waals surface area contributed by atoms with Crippen molar-refractivity contribution in [3.63, 3.8) is 0 Å². The number of aromatic nitrogens is 2. The number of hydrogen-bond acceptors (Lipinski definition) is 4. The topological polar surface area (TPSA) is 58.1 Å². The molecule has 0 unspecified atom stereocenters. The van der Waals surface area contributed by atoms with Crippen LogP contribution < -0.4 is 10.2 Å². The van der Waals surface area contributed by atoms with Crippen LogP contribution >= 0.6 is 0 Å². The number of anilines is 3. The zero-order valence-corrected chi connectivity index (χ0v) is 16.4. The molecule has 4 rings (SSSR count). The third-order valence-electron chi connectivity index (χ3n) is 5.04. The standard InChI is InChI=1S/C23H24N4O/c1-23(2,3)18-8-10-19(11-9-18)26-21(28)17-14-24-22(25-15-17)27-13-12-16-6-4-5-7-20(16)27/h4-11,14-15H,12-13H2,1-3H3,(H,26,28). The first-order valence-electron chi connectivity index (χ1n) is 9.51. The SMILES string of the molecule is CC(C)(C)c1ccc(NC(=O)c2cnc(N3CCc4ccccc43)nc2)cc1. The van der Waals surface area contributed by atoms with Crippen molar-refractivity contribution in [1.29, 1.82) is 0 Å². The van der Waals surface area contributed by atoms with Gasteiger partial charge in [-0.05, 0) is 41.2 Å². The number of nitrogens with zero attached hydrogens (tertiary/aromatic N) is 3. The molecule has 0 saturated carbocycles. The van der Waals surface area contributed by atoms with Gasteiger partial charge in [-0.3, -0.25) is 4.79 Å². The van der Waals surface area contributed by atoms with Crippen molar-refractivity contribution in [2.75, 3.05) is 16.8 Å².